The summed E-state index contributed by atoms with van der Waals surface area (Å²) in [5, 5.41) is 18.5. The normalized spacial score (nSPS) is 16.7. The van der Waals surface area contributed by atoms with E-state index >= 15 is 0 Å². The maximum atomic E-state index is 13.8. The van der Waals surface area contributed by atoms with Gasteiger partial charge in [-0.15, -0.1) is 0 Å². The van der Waals surface area contributed by atoms with E-state index in [1.54, 1.807) is 30.1 Å². The molecule has 0 aliphatic carbocycles. The van der Waals surface area contributed by atoms with Crippen LogP contribution in [0.5, 0.6) is 5.88 Å². The van der Waals surface area contributed by atoms with Crippen molar-refractivity contribution < 1.29 is 27.5 Å². The summed E-state index contributed by atoms with van der Waals surface area (Å²) < 4.78 is 46.0. The van der Waals surface area contributed by atoms with Gasteiger partial charge in [-0.25, -0.2) is 9.98 Å². The number of amides is 2. The Morgan fingerprint density at radius 2 is 1.94 bits per heavy atom. The van der Waals surface area contributed by atoms with E-state index in [1.165, 1.54) is 12.5 Å². The number of aromatic amines is 1. The standard InChI is InChI=1S/C37H40F3N9O3/c1-4-49(28-9-10-31-29(18-28)33(46-45-31)27-17-30(37(38,39)40)35(52-3)43-19-27)36(51)26-11-14-47(20-26)21-32(50)48-15-12-24(13-16-48)23-5-7-25(8-6-23)34(41)44-22-42-2/h5-10,12,17-19,22,26H,4,11,13-16,20-21H2,1-3H3,(H,45,46)(H2,41,42,44)/t26-/m1/s1. The van der Waals surface area contributed by atoms with E-state index < -0.39 is 17.6 Å². The van der Waals surface area contributed by atoms with Gasteiger partial charge in [0.2, 0.25) is 17.7 Å². The molecule has 0 bridgehead atoms. The van der Waals surface area contributed by atoms with E-state index in [2.05, 4.69) is 31.6 Å². The number of benzene rings is 2. The highest BCUT2D eigenvalue weighted by molar-refractivity contribution is 6.01. The van der Waals surface area contributed by atoms with Crippen LogP contribution in [0.4, 0.5) is 18.9 Å². The van der Waals surface area contributed by atoms with E-state index in [1.807, 2.05) is 41.0 Å². The number of pyridine rings is 1. The van der Waals surface area contributed by atoms with Crippen molar-refractivity contribution in [2.24, 2.45) is 10.9 Å². The number of fused-ring (bicyclic) bond motifs is 1. The molecule has 0 saturated carbocycles. The van der Waals surface area contributed by atoms with Gasteiger partial charge >= 0.3 is 6.18 Å². The Hall–Kier alpha value is -5.57. The summed E-state index contributed by atoms with van der Waals surface area (Å²) in [5.41, 5.74) is 3.55. The molecule has 52 heavy (non-hydrogen) atoms. The van der Waals surface area contributed by atoms with Crippen LogP contribution in [0, 0.1) is 11.3 Å². The van der Waals surface area contributed by atoms with Crippen LogP contribution in [0.1, 0.15) is 36.5 Å². The molecule has 2 aliphatic heterocycles. The molecule has 272 valence electrons. The maximum absolute atomic E-state index is 13.8. The Kier molecular flexibility index (Phi) is 10.7. The molecule has 4 aromatic rings. The number of aliphatic imine (C=N–C) groups is 1. The van der Waals surface area contributed by atoms with Crippen molar-refractivity contribution in [3.8, 4) is 17.1 Å². The number of nitrogens with one attached hydrogen (secondary N) is 3. The fraction of sp³-hybridized carbons (Fsp3) is 0.351. The van der Waals surface area contributed by atoms with Crippen molar-refractivity contribution in [3.63, 3.8) is 0 Å². The second kappa shape index (κ2) is 15.4. The van der Waals surface area contributed by atoms with Gasteiger partial charge in [0.05, 0.1) is 31.4 Å². The fourth-order valence-corrected chi connectivity index (χ4v) is 6.70. The van der Waals surface area contributed by atoms with Crippen LogP contribution in [-0.2, 0) is 15.8 Å². The number of aromatic nitrogens is 3. The van der Waals surface area contributed by atoms with Crippen molar-refractivity contribution in [1.82, 2.24) is 30.3 Å². The van der Waals surface area contributed by atoms with Crippen LogP contribution >= 0.6 is 0 Å². The molecule has 2 aliphatic rings. The van der Waals surface area contributed by atoms with Gasteiger partial charge in [-0.1, -0.05) is 30.3 Å². The third-order valence-electron chi connectivity index (χ3n) is 9.46. The highest BCUT2D eigenvalue weighted by Gasteiger charge is 2.36. The average Bonchev–Trinajstić information content (AvgIpc) is 3.81. The van der Waals surface area contributed by atoms with Crippen molar-refractivity contribution in [2.75, 3.05) is 58.3 Å². The number of hydrogen-bond acceptors (Lipinski definition) is 7. The molecular formula is C37H40F3N9O3. The first-order chi connectivity index (χ1) is 25.0. The first-order valence-corrected chi connectivity index (χ1v) is 17.0. The third kappa shape index (κ3) is 7.68. The number of halogens is 3. The summed E-state index contributed by atoms with van der Waals surface area (Å²) in [6.07, 6.45) is 1.47. The number of methoxy groups -OCH3 is 1. The van der Waals surface area contributed by atoms with Gasteiger partial charge in [-0.2, -0.15) is 18.3 Å². The lowest BCUT2D eigenvalue weighted by Gasteiger charge is -2.29. The number of likely N-dealkylation sites (tertiary alicyclic amines) is 1. The number of anilines is 1. The molecule has 1 atom stereocenters. The Labute approximate surface area is 298 Å². The lowest BCUT2D eigenvalue weighted by Crippen LogP contribution is -2.42. The zero-order valence-electron chi connectivity index (χ0n) is 29.1. The number of rotatable bonds is 10. The van der Waals surface area contributed by atoms with Gasteiger partial charge in [-0.3, -0.25) is 25.0 Å². The Bertz CT molecular complexity index is 2020. The quantitative estimate of drug-likeness (QED) is 0.151. The van der Waals surface area contributed by atoms with Crippen LogP contribution in [0.2, 0.25) is 0 Å². The number of carbonyl (C=O) groups excluding carboxylic acids is 2. The topological polar surface area (TPSA) is 143 Å². The van der Waals surface area contributed by atoms with Crippen molar-refractivity contribution >= 4 is 46.2 Å². The zero-order chi connectivity index (χ0) is 37.0. The zero-order valence-corrected chi connectivity index (χ0v) is 29.1. The molecule has 12 nitrogen and oxygen atoms in total. The summed E-state index contributed by atoms with van der Waals surface area (Å²) in [4.78, 5) is 40.5. The van der Waals surface area contributed by atoms with Crippen molar-refractivity contribution in [3.05, 3.63) is 77.5 Å². The summed E-state index contributed by atoms with van der Waals surface area (Å²) in [7, 11) is 2.86. The first-order valence-electron chi connectivity index (χ1n) is 17.0. The molecule has 0 unspecified atom stereocenters. The van der Waals surface area contributed by atoms with E-state index in [9.17, 15) is 22.8 Å². The summed E-state index contributed by atoms with van der Waals surface area (Å²) >= 11 is 0. The van der Waals surface area contributed by atoms with Crippen LogP contribution in [0.25, 0.3) is 27.7 Å². The highest BCUT2D eigenvalue weighted by atomic mass is 19.4. The number of amidine groups is 1. The summed E-state index contributed by atoms with van der Waals surface area (Å²) in [6.45, 7) is 4.64. The predicted molar refractivity (Wildman–Crippen MR) is 193 cm³/mol. The molecule has 1 saturated heterocycles. The molecule has 15 heteroatoms. The van der Waals surface area contributed by atoms with E-state index in [4.69, 9.17) is 10.1 Å². The maximum Gasteiger partial charge on any atom is 0.421 e. The predicted octanol–water partition coefficient (Wildman–Crippen LogP) is 5.22. The minimum absolute atomic E-state index is 0.0154. The lowest BCUT2D eigenvalue weighted by atomic mass is 9.98. The molecular weight excluding hydrogens is 675 g/mol. The van der Waals surface area contributed by atoms with Gasteiger partial charge in [-0.05, 0) is 61.7 Å². The molecule has 2 aromatic heterocycles. The lowest BCUT2D eigenvalue weighted by molar-refractivity contribution is -0.139. The third-order valence-corrected chi connectivity index (χ3v) is 9.46. The van der Waals surface area contributed by atoms with Crippen LogP contribution < -0.4 is 15.0 Å². The van der Waals surface area contributed by atoms with E-state index in [-0.39, 0.29) is 41.4 Å². The Morgan fingerprint density at radius 3 is 2.62 bits per heavy atom. The monoisotopic (exact) mass is 715 g/mol. The van der Waals surface area contributed by atoms with Crippen LogP contribution in [-0.4, -0.2) is 102 Å². The molecule has 4 heterocycles. The summed E-state index contributed by atoms with van der Waals surface area (Å²) in [5.74, 6) is -0.726. The van der Waals surface area contributed by atoms with Gasteiger partial charge in [0.1, 0.15) is 11.3 Å². The minimum atomic E-state index is -4.67. The van der Waals surface area contributed by atoms with Gasteiger partial charge in [0.25, 0.3) is 0 Å². The number of hydrogen-bond donors (Lipinski definition) is 3. The minimum Gasteiger partial charge on any atom is -0.481 e. The van der Waals surface area contributed by atoms with Gasteiger partial charge in [0, 0.05) is 61.6 Å². The number of H-pyrrole nitrogens is 1. The SMILES string of the molecule is CCN(C(=O)[C@@H]1CCN(CC(=O)N2CC=C(c3ccc(C(=N)/N=C\NC)cc3)CC2)C1)c1ccc2[nH]nc(-c3cnc(OC)c(C(F)(F)F)c3)c2c1. The molecule has 1 fully saturated rings. The largest absolute Gasteiger partial charge is 0.481 e. The van der Waals surface area contributed by atoms with Gasteiger partial charge in [0.15, 0.2) is 5.84 Å². The smallest absolute Gasteiger partial charge is 0.421 e. The highest BCUT2D eigenvalue weighted by Crippen LogP contribution is 2.39. The number of nitrogens with zero attached hydrogens (tertiary/aromatic N) is 6. The second-order valence-corrected chi connectivity index (χ2v) is 12.7. The second-order valence-electron chi connectivity index (χ2n) is 12.7. The molecule has 2 aromatic carbocycles. The average molecular weight is 716 g/mol. The van der Waals surface area contributed by atoms with Gasteiger partial charge < -0.3 is 19.9 Å². The molecule has 2 amide bonds. The van der Waals surface area contributed by atoms with Crippen LogP contribution in [0.15, 0.2) is 65.8 Å². The summed E-state index contributed by atoms with van der Waals surface area (Å²) in [6, 6.07) is 13.9. The Morgan fingerprint density at radius 1 is 1.15 bits per heavy atom. The number of alkyl halides is 3. The number of carbonyl (C=O) groups is 2. The van der Waals surface area contributed by atoms with Crippen molar-refractivity contribution in [2.45, 2.75) is 25.9 Å². The molecule has 6 rings (SSSR count). The fourth-order valence-electron chi connectivity index (χ4n) is 6.70. The molecule has 3 N–H and O–H groups in total. The first kappa shape index (κ1) is 36.2. The molecule has 0 radical (unpaired) electrons. The Balaban J connectivity index is 1.08. The molecule has 0 spiro atoms. The van der Waals surface area contributed by atoms with E-state index in [0.717, 1.165) is 29.9 Å². The van der Waals surface area contributed by atoms with Crippen LogP contribution in [0.3, 0.4) is 0 Å². The van der Waals surface area contributed by atoms with Crippen molar-refractivity contribution in [1.29, 1.82) is 5.41 Å². The number of ether oxygens (including phenoxy) is 1. The van der Waals surface area contributed by atoms with E-state index in [0.29, 0.717) is 62.2 Å².